The second kappa shape index (κ2) is 8.54. The van der Waals surface area contributed by atoms with Crippen molar-refractivity contribution in [2.45, 2.75) is 70.4 Å². The van der Waals surface area contributed by atoms with Gasteiger partial charge in [-0.05, 0) is 55.2 Å². The molecule has 2 bridgehead atoms. The third-order valence-electron chi connectivity index (χ3n) is 8.31. The standard InChI is InChI=1S/C27H28F2N6O/c28-21-11-19(12-22(29)13-21)23-5-7-31-35(23)25(36)27-16-26(17-27,18-27)6-3-1-2-4-8-33-9-10-34-24(33)20(14-30)15-32-34/h7,9-13,15,23H,1-6,8,16-18H2. The Balaban J connectivity index is 0.956. The van der Waals surface area contributed by atoms with E-state index >= 15 is 0 Å². The Kier molecular flexibility index (Phi) is 5.43. The van der Waals surface area contributed by atoms with Gasteiger partial charge in [0.05, 0.1) is 17.7 Å². The summed E-state index contributed by atoms with van der Waals surface area (Å²) >= 11 is 0. The molecular formula is C27H28F2N6O. The number of nitrogens with zero attached hydrogens (tertiary/aromatic N) is 6. The number of imidazole rings is 1. The summed E-state index contributed by atoms with van der Waals surface area (Å²) < 4.78 is 31.3. The number of hydrogen-bond donors (Lipinski definition) is 0. The maximum absolute atomic E-state index is 13.7. The van der Waals surface area contributed by atoms with Crippen molar-refractivity contribution >= 4 is 17.8 Å². The first kappa shape index (κ1) is 22.9. The fraction of sp³-hybridized carbons (Fsp3) is 0.481. The fourth-order valence-electron chi connectivity index (χ4n) is 6.75. The third kappa shape index (κ3) is 3.71. The highest BCUT2D eigenvalue weighted by Crippen LogP contribution is 2.76. The number of aromatic nitrogens is 3. The maximum Gasteiger partial charge on any atom is 0.249 e. The van der Waals surface area contributed by atoms with Gasteiger partial charge in [-0.25, -0.2) is 18.3 Å². The molecule has 3 heterocycles. The van der Waals surface area contributed by atoms with E-state index in [9.17, 15) is 18.8 Å². The van der Waals surface area contributed by atoms with Gasteiger partial charge in [-0.1, -0.05) is 19.3 Å². The zero-order valence-corrected chi connectivity index (χ0v) is 20.0. The first-order chi connectivity index (χ1) is 17.4. The smallest absolute Gasteiger partial charge is 0.249 e. The Bertz CT molecular complexity index is 1360. The molecule has 1 amide bonds. The van der Waals surface area contributed by atoms with E-state index in [-0.39, 0.29) is 16.7 Å². The summed E-state index contributed by atoms with van der Waals surface area (Å²) in [5.74, 6) is -1.27. The number of hydrazone groups is 1. The lowest BCUT2D eigenvalue weighted by molar-refractivity contribution is -0.220. The van der Waals surface area contributed by atoms with E-state index in [1.54, 1.807) is 16.9 Å². The summed E-state index contributed by atoms with van der Waals surface area (Å²) in [5.41, 5.74) is 1.85. The number of unbranched alkanes of at least 4 members (excludes halogenated alkanes) is 3. The van der Waals surface area contributed by atoms with Crippen LogP contribution in [0.1, 0.15) is 75.0 Å². The van der Waals surface area contributed by atoms with Gasteiger partial charge < -0.3 is 4.57 Å². The minimum atomic E-state index is -0.635. The fourth-order valence-corrected chi connectivity index (χ4v) is 6.75. The molecule has 0 saturated heterocycles. The highest BCUT2D eigenvalue weighted by atomic mass is 19.1. The zero-order chi connectivity index (χ0) is 24.9. The molecule has 36 heavy (non-hydrogen) atoms. The zero-order valence-electron chi connectivity index (χ0n) is 20.0. The Morgan fingerprint density at radius 1 is 1.08 bits per heavy atom. The number of benzene rings is 1. The third-order valence-corrected chi connectivity index (χ3v) is 8.31. The Hall–Kier alpha value is -3.54. The molecule has 3 saturated carbocycles. The van der Waals surface area contributed by atoms with E-state index in [2.05, 4.69) is 20.8 Å². The van der Waals surface area contributed by atoms with Crippen LogP contribution in [0.3, 0.4) is 0 Å². The lowest BCUT2D eigenvalue weighted by Gasteiger charge is -2.70. The molecule has 186 valence electrons. The molecule has 3 fully saturated rings. The number of halogens is 2. The van der Waals surface area contributed by atoms with Gasteiger partial charge in [0.2, 0.25) is 5.91 Å². The minimum absolute atomic E-state index is 0.00226. The summed E-state index contributed by atoms with van der Waals surface area (Å²) in [5, 5.41) is 19.2. The molecule has 9 heteroatoms. The maximum atomic E-state index is 13.7. The minimum Gasteiger partial charge on any atom is -0.330 e. The predicted molar refractivity (Wildman–Crippen MR) is 129 cm³/mol. The van der Waals surface area contributed by atoms with Crippen LogP contribution in [0.15, 0.2) is 41.9 Å². The van der Waals surface area contributed by atoms with Crippen LogP contribution >= 0.6 is 0 Å². The summed E-state index contributed by atoms with van der Waals surface area (Å²) in [6.45, 7) is 0.867. The molecule has 3 aromatic rings. The molecule has 1 aliphatic heterocycles. The SMILES string of the molecule is N#Cc1cnn2ccn(CCCCCCC34CC(C(=O)N5N=CCC5c5cc(F)cc(F)c5)(C3)C4)c12. The molecule has 1 atom stereocenters. The number of nitriles is 1. The van der Waals surface area contributed by atoms with Crippen molar-refractivity contribution in [2.75, 3.05) is 0 Å². The molecular weight excluding hydrogens is 462 g/mol. The molecule has 1 aromatic carbocycles. The first-order valence-corrected chi connectivity index (χ1v) is 12.7. The van der Waals surface area contributed by atoms with Crippen LogP contribution in [0.5, 0.6) is 0 Å². The van der Waals surface area contributed by atoms with Gasteiger partial charge >= 0.3 is 0 Å². The molecule has 3 aliphatic carbocycles. The van der Waals surface area contributed by atoms with Gasteiger partial charge in [0.25, 0.3) is 0 Å². The van der Waals surface area contributed by atoms with Crippen LogP contribution in [0, 0.1) is 33.8 Å². The Morgan fingerprint density at radius 3 is 2.58 bits per heavy atom. The van der Waals surface area contributed by atoms with Crippen molar-refractivity contribution in [2.24, 2.45) is 15.9 Å². The van der Waals surface area contributed by atoms with Crippen molar-refractivity contribution in [1.82, 2.24) is 19.2 Å². The molecule has 0 spiro atoms. The van der Waals surface area contributed by atoms with E-state index < -0.39 is 17.7 Å². The molecule has 7 rings (SSSR count). The molecule has 2 aromatic heterocycles. The van der Waals surface area contributed by atoms with E-state index in [0.29, 0.717) is 17.5 Å². The second-order valence-corrected chi connectivity index (χ2v) is 10.8. The topological polar surface area (TPSA) is 78.7 Å². The van der Waals surface area contributed by atoms with Crippen molar-refractivity contribution in [1.29, 1.82) is 5.26 Å². The number of amides is 1. The number of carbonyl (C=O) groups excluding carboxylic acids is 1. The van der Waals surface area contributed by atoms with Crippen LogP contribution in [0.2, 0.25) is 0 Å². The molecule has 0 radical (unpaired) electrons. The van der Waals surface area contributed by atoms with E-state index in [1.165, 1.54) is 17.1 Å². The highest BCUT2D eigenvalue weighted by Gasteiger charge is 2.71. The van der Waals surface area contributed by atoms with E-state index in [4.69, 9.17) is 0 Å². The number of carbonyl (C=O) groups is 1. The van der Waals surface area contributed by atoms with Gasteiger partial charge in [0.15, 0.2) is 5.65 Å². The van der Waals surface area contributed by atoms with Crippen LogP contribution in [0.25, 0.3) is 5.65 Å². The highest BCUT2D eigenvalue weighted by molar-refractivity contribution is 5.88. The van der Waals surface area contributed by atoms with Crippen LogP contribution in [-0.2, 0) is 11.3 Å². The molecule has 0 N–H and O–H groups in total. The monoisotopic (exact) mass is 490 g/mol. The van der Waals surface area contributed by atoms with Crippen molar-refractivity contribution in [3.05, 3.63) is 59.6 Å². The van der Waals surface area contributed by atoms with Gasteiger partial charge in [-0.2, -0.15) is 15.5 Å². The summed E-state index contributed by atoms with van der Waals surface area (Å²) in [7, 11) is 0. The van der Waals surface area contributed by atoms with Crippen molar-refractivity contribution in [3.8, 4) is 6.07 Å². The van der Waals surface area contributed by atoms with Gasteiger partial charge in [0, 0.05) is 37.6 Å². The number of hydrogen-bond acceptors (Lipinski definition) is 4. The second-order valence-electron chi connectivity index (χ2n) is 10.8. The van der Waals surface area contributed by atoms with Crippen LogP contribution in [-0.4, -0.2) is 31.3 Å². The molecule has 1 unspecified atom stereocenters. The molecule has 4 aliphatic rings. The lowest BCUT2D eigenvalue weighted by Crippen LogP contribution is -2.67. The van der Waals surface area contributed by atoms with Gasteiger partial charge in [-0.3, -0.25) is 4.79 Å². The Morgan fingerprint density at radius 2 is 1.83 bits per heavy atom. The number of aryl methyl sites for hydroxylation is 1. The van der Waals surface area contributed by atoms with Crippen LogP contribution < -0.4 is 0 Å². The van der Waals surface area contributed by atoms with Crippen molar-refractivity contribution < 1.29 is 13.6 Å². The quantitative estimate of drug-likeness (QED) is 0.379. The van der Waals surface area contributed by atoms with Gasteiger partial charge in [0.1, 0.15) is 23.3 Å². The summed E-state index contributed by atoms with van der Waals surface area (Å²) in [6.07, 6.45) is 15.9. The lowest BCUT2D eigenvalue weighted by atomic mass is 9.33. The Labute approximate surface area is 208 Å². The largest absolute Gasteiger partial charge is 0.330 e. The van der Waals surface area contributed by atoms with Crippen LogP contribution in [0.4, 0.5) is 8.78 Å². The summed E-state index contributed by atoms with van der Waals surface area (Å²) in [6, 6.07) is 5.20. The van der Waals surface area contributed by atoms with Crippen molar-refractivity contribution in [3.63, 3.8) is 0 Å². The first-order valence-electron chi connectivity index (χ1n) is 12.7. The summed E-state index contributed by atoms with van der Waals surface area (Å²) in [4.78, 5) is 13.3. The van der Waals surface area contributed by atoms with Gasteiger partial charge in [-0.15, -0.1) is 0 Å². The average Bonchev–Trinajstić information content (AvgIpc) is 3.52. The normalized spacial score (nSPS) is 26.1. The van der Waals surface area contributed by atoms with E-state index in [1.807, 2.05) is 12.4 Å². The van der Waals surface area contributed by atoms with E-state index in [0.717, 1.165) is 69.6 Å². The number of fused-ring (bicyclic) bond motifs is 1. The number of rotatable bonds is 9. The predicted octanol–water partition coefficient (Wildman–Crippen LogP) is 5.37. The molecule has 7 nitrogen and oxygen atoms in total. The average molecular weight is 491 g/mol.